The van der Waals surface area contributed by atoms with Crippen molar-refractivity contribution in [3.05, 3.63) is 88.5 Å². The van der Waals surface area contributed by atoms with Crippen molar-refractivity contribution in [2.45, 2.75) is 71.2 Å². The van der Waals surface area contributed by atoms with Gasteiger partial charge in [0, 0.05) is 49.6 Å². The van der Waals surface area contributed by atoms with Crippen LogP contribution in [0.2, 0.25) is 0 Å². The van der Waals surface area contributed by atoms with Gasteiger partial charge in [-0.2, -0.15) is 23.5 Å². The van der Waals surface area contributed by atoms with Crippen LogP contribution >= 0.6 is 0 Å². The fourth-order valence-electron chi connectivity index (χ4n) is 8.53. The van der Waals surface area contributed by atoms with Gasteiger partial charge in [0.1, 0.15) is 5.82 Å². The van der Waals surface area contributed by atoms with E-state index in [1.165, 1.54) is 12.1 Å². The number of nitrogens with zero attached hydrogens (tertiary/aromatic N) is 5. The van der Waals surface area contributed by atoms with Gasteiger partial charge in [-0.25, -0.2) is 4.39 Å². The summed E-state index contributed by atoms with van der Waals surface area (Å²) >= 11 is 0. The average Bonchev–Trinajstić information content (AvgIpc) is 3.38. The molecule has 2 saturated carbocycles. The van der Waals surface area contributed by atoms with Crippen molar-refractivity contribution in [1.82, 2.24) is 19.6 Å². The number of hydrogen-bond donors (Lipinski definition) is 0. The van der Waals surface area contributed by atoms with E-state index in [1.807, 2.05) is 28.0 Å². The van der Waals surface area contributed by atoms with Gasteiger partial charge >= 0.3 is 6.18 Å². The number of likely N-dealkylation sites (tertiary alicyclic amines) is 2. The molecule has 2 saturated heterocycles. The van der Waals surface area contributed by atoms with Crippen molar-refractivity contribution in [2.75, 3.05) is 32.8 Å². The Morgan fingerprint density at radius 2 is 1.71 bits per heavy atom. The van der Waals surface area contributed by atoms with Crippen molar-refractivity contribution in [2.24, 2.45) is 28.6 Å². The van der Waals surface area contributed by atoms with Gasteiger partial charge < -0.3 is 14.5 Å². The van der Waals surface area contributed by atoms with Gasteiger partial charge in [0.2, 0.25) is 5.91 Å². The number of alkyl halides is 3. The third-order valence-corrected chi connectivity index (χ3v) is 11.9. The second kappa shape index (κ2) is 13.4. The lowest BCUT2D eigenvalue weighted by Crippen LogP contribution is -2.63. The summed E-state index contributed by atoms with van der Waals surface area (Å²) < 4.78 is 61.1. The number of carbonyl (C=O) groups is 2. The normalized spacial score (nSPS) is 25.0. The maximum atomic E-state index is 13.8. The van der Waals surface area contributed by atoms with Crippen LogP contribution in [0.15, 0.2) is 54.9 Å². The molecule has 12 heteroatoms. The third-order valence-electron chi connectivity index (χ3n) is 11.9. The molecule has 0 bridgehead atoms. The first kappa shape index (κ1) is 35.2. The van der Waals surface area contributed by atoms with Crippen LogP contribution in [0.1, 0.15) is 84.5 Å². The molecular weight excluding hydrogens is 662 g/mol. The maximum absolute atomic E-state index is 13.8. The van der Waals surface area contributed by atoms with Gasteiger partial charge in [0.15, 0.2) is 0 Å². The Labute approximate surface area is 295 Å². The lowest BCUT2D eigenvalue weighted by atomic mass is 9.71. The molecular formula is C39H43F4N5O3. The Kier molecular flexibility index (Phi) is 9.23. The van der Waals surface area contributed by atoms with Crippen molar-refractivity contribution < 1.29 is 31.9 Å². The predicted octanol–water partition coefficient (Wildman–Crippen LogP) is 6.94. The van der Waals surface area contributed by atoms with E-state index in [-0.39, 0.29) is 65.7 Å². The molecule has 270 valence electrons. The second-order valence-corrected chi connectivity index (χ2v) is 15.8. The fraction of sp³-hybridized carbons (Fsp3) is 0.538. The first-order chi connectivity index (χ1) is 24.3. The number of nitriles is 1. The molecule has 2 aliphatic heterocycles. The SMILES string of the molecule is CC1(C)CC1C(=O)N1CC2(CN(C(=O)c3cnn(Cc4ccc(F)cc4)c3)CC2COCc2cccc(C3CCC(C(F)(F)F)CC3)c2C#N)C1. The molecule has 4 aliphatic rings. The quantitative estimate of drug-likeness (QED) is 0.225. The van der Waals surface area contributed by atoms with E-state index < -0.39 is 12.1 Å². The predicted molar refractivity (Wildman–Crippen MR) is 180 cm³/mol. The van der Waals surface area contributed by atoms with Gasteiger partial charge in [0.25, 0.3) is 5.91 Å². The summed E-state index contributed by atoms with van der Waals surface area (Å²) in [5, 5.41) is 14.5. The number of amides is 2. The standard InChI is InChI=1S/C39H43F4N5O3/c1-37(2)14-34(37)36(50)47-23-38(24-47)22-46(35(49)28-16-45-48(18-28)17-25-6-12-31(40)13-7-25)19-30(38)21-51-20-27-4-3-5-32(33(27)15-44)26-8-10-29(11-9-26)39(41,42)43/h3-7,12-13,16,18,26,29-30,34H,8-11,14,17,19-24H2,1-2H3. The molecule has 1 spiro atoms. The van der Waals surface area contributed by atoms with Gasteiger partial charge in [-0.15, -0.1) is 0 Å². The third kappa shape index (κ3) is 7.14. The zero-order valence-corrected chi connectivity index (χ0v) is 29.0. The summed E-state index contributed by atoms with van der Waals surface area (Å²) in [6.07, 6.45) is 0.810. The number of hydrogen-bond acceptors (Lipinski definition) is 5. The lowest BCUT2D eigenvalue weighted by molar-refractivity contribution is -0.182. The van der Waals surface area contributed by atoms with Crippen LogP contribution < -0.4 is 0 Å². The highest BCUT2D eigenvalue weighted by molar-refractivity contribution is 5.94. The summed E-state index contributed by atoms with van der Waals surface area (Å²) in [5.74, 6) is -1.74. The smallest absolute Gasteiger partial charge is 0.376 e. The van der Waals surface area contributed by atoms with E-state index in [1.54, 1.807) is 29.2 Å². The minimum absolute atomic E-state index is 0.0126. The van der Waals surface area contributed by atoms with Crippen molar-refractivity contribution >= 4 is 11.8 Å². The molecule has 0 N–H and O–H groups in total. The summed E-state index contributed by atoms with van der Waals surface area (Å²) in [6.45, 7) is 7.06. The Balaban J connectivity index is 1.02. The molecule has 51 heavy (non-hydrogen) atoms. The Morgan fingerprint density at radius 1 is 1.02 bits per heavy atom. The van der Waals surface area contributed by atoms with Crippen LogP contribution in [0, 0.1) is 45.7 Å². The molecule has 7 rings (SSSR count). The summed E-state index contributed by atoms with van der Waals surface area (Å²) in [7, 11) is 0. The second-order valence-electron chi connectivity index (χ2n) is 15.8. The van der Waals surface area contributed by atoms with Crippen LogP contribution in [0.4, 0.5) is 17.6 Å². The van der Waals surface area contributed by atoms with E-state index in [0.29, 0.717) is 68.9 Å². The van der Waals surface area contributed by atoms with Crippen LogP contribution in [0.25, 0.3) is 0 Å². The molecule has 4 fully saturated rings. The van der Waals surface area contributed by atoms with Gasteiger partial charge in [-0.3, -0.25) is 14.3 Å². The van der Waals surface area contributed by atoms with Gasteiger partial charge in [-0.1, -0.05) is 44.2 Å². The minimum atomic E-state index is -4.19. The highest BCUT2D eigenvalue weighted by Gasteiger charge is 2.60. The lowest BCUT2D eigenvalue weighted by Gasteiger charge is -2.51. The van der Waals surface area contributed by atoms with E-state index in [9.17, 15) is 32.4 Å². The van der Waals surface area contributed by atoms with E-state index in [4.69, 9.17) is 4.74 Å². The monoisotopic (exact) mass is 705 g/mol. The van der Waals surface area contributed by atoms with Crippen LogP contribution in [0.3, 0.4) is 0 Å². The van der Waals surface area contributed by atoms with Crippen molar-refractivity contribution in [1.29, 1.82) is 5.26 Å². The fourth-order valence-corrected chi connectivity index (χ4v) is 8.53. The Hall–Kier alpha value is -4.24. The largest absolute Gasteiger partial charge is 0.391 e. The number of carbonyl (C=O) groups excluding carboxylic acids is 2. The zero-order chi connectivity index (χ0) is 36.1. The maximum Gasteiger partial charge on any atom is 0.391 e. The number of benzene rings is 2. The van der Waals surface area contributed by atoms with E-state index >= 15 is 0 Å². The van der Waals surface area contributed by atoms with Crippen LogP contribution in [-0.4, -0.2) is 70.4 Å². The average molecular weight is 706 g/mol. The zero-order valence-electron chi connectivity index (χ0n) is 29.0. The highest BCUT2D eigenvalue weighted by Crippen LogP contribution is 2.55. The first-order valence-electron chi connectivity index (χ1n) is 17.8. The van der Waals surface area contributed by atoms with Crippen LogP contribution in [-0.2, 0) is 22.7 Å². The Bertz CT molecular complexity index is 1820. The molecule has 2 unspecified atom stereocenters. The summed E-state index contributed by atoms with van der Waals surface area (Å²) in [5.41, 5.74) is 2.93. The van der Waals surface area contributed by atoms with E-state index in [2.05, 4.69) is 25.0 Å². The molecule has 2 amide bonds. The minimum Gasteiger partial charge on any atom is -0.376 e. The van der Waals surface area contributed by atoms with Gasteiger partial charge in [-0.05, 0) is 72.3 Å². The number of halogens is 4. The van der Waals surface area contributed by atoms with Crippen molar-refractivity contribution in [3.8, 4) is 6.07 Å². The van der Waals surface area contributed by atoms with E-state index in [0.717, 1.165) is 17.5 Å². The molecule has 1 aromatic heterocycles. The van der Waals surface area contributed by atoms with Crippen LogP contribution in [0.5, 0.6) is 0 Å². The first-order valence-corrected chi connectivity index (χ1v) is 17.8. The molecule has 0 radical (unpaired) electrons. The molecule has 2 atom stereocenters. The molecule has 8 nitrogen and oxygen atoms in total. The Morgan fingerprint density at radius 3 is 2.35 bits per heavy atom. The van der Waals surface area contributed by atoms with Gasteiger partial charge in [0.05, 0.1) is 49.1 Å². The number of aromatic nitrogens is 2. The summed E-state index contributed by atoms with van der Waals surface area (Å²) in [4.78, 5) is 30.8. The molecule has 3 heterocycles. The summed E-state index contributed by atoms with van der Waals surface area (Å²) in [6, 6.07) is 13.9. The number of rotatable bonds is 9. The van der Waals surface area contributed by atoms with Crippen molar-refractivity contribution in [3.63, 3.8) is 0 Å². The molecule has 3 aromatic rings. The topological polar surface area (TPSA) is 91.5 Å². The molecule has 2 aromatic carbocycles. The highest BCUT2D eigenvalue weighted by atomic mass is 19.4. The number of ether oxygens (including phenoxy) is 1. The molecule has 2 aliphatic carbocycles.